The van der Waals surface area contributed by atoms with Gasteiger partial charge >= 0.3 is 6.09 Å². The van der Waals surface area contributed by atoms with E-state index in [1.807, 2.05) is 0 Å². The summed E-state index contributed by atoms with van der Waals surface area (Å²) >= 11 is 0. The molecule has 112 valence electrons. The lowest BCUT2D eigenvalue weighted by Gasteiger charge is -2.32. The van der Waals surface area contributed by atoms with E-state index in [1.165, 1.54) is 0 Å². The van der Waals surface area contributed by atoms with Crippen LogP contribution in [0.1, 0.15) is 40.5 Å². The number of carbonyl (C=O) groups is 1. The van der Waals surface area contributed by atoms with Gasteiger partial charge < -0.3 is 14.7 Å². The molecule has 6 heteroatoms. The van der Waals surface area contributed by atoms with Crippen LogP contribution in [0.25, 0.3) is 0 Å². The van der Waals surface area contributed by atoms with Gasteiger partial charge in [0, 0.05) is 18.4 Å². The van der Waals surface area contributed by atoms with Crippen LogP contribution >= 0.6 is 0 Å². The van der Waals surface area contributed by atoms with E-state index in [-0.39, 0.29) is 26.0 Å². The second-order valence-electron chi connectivity index (χ2n) is 6.66. The van der Waals surface area contributed by atoms with Crippen molar-refractivity contribution < 1.29 is 23.4 Å². The van der Waals surface area contributed by atoms with Crippen LogP contribution < -0.4 is 0 Å². The topological polar surface area (TPSA) is 49.8 Å². The fourth-order valence-corrected chi connectivity index (χ4v) is 2.02. The van der Waals surface area contributed by atoms with E-state index in [0.29, 0.717) is 0 Å². The molecule has 1 aliphatic heterocycles. The molecule has 1 unspecified atom stereocenters. The number of alkyl halides is 2. The Labute approximate surface area is 112 Å². The summed E-state index contributed by atoms with van der Waals surface area (Å²) in [5, 5.41) is 9.35. The molecular formula is C13H23F2NO3. The molecule has 19 heavy (non-hydrogen) atoms. The molecule has 0 aliphatic carbocycles. The van der Waals surface area contributed by atoms with Crippen LogP contribution in [-0.4, -0.2) is 47.3 Å². The average molecular weight is 279 g/mol. The van der Waals surface area contributed by atoms with Gasteiger partial charge in [0.2, 0.25) is 0 Å². The maximum Gasteiger partial charge on any atom is 0.410 e. The highest BCUT2D eigenvalue weighted by Gasteiger charge is 2.43. The third-order valence-electron chi connectivity index (χ3n) is 3.12. The zero-order valence-corrected chi connectivity index (χ0v) is 12.0. The van der Waals surface area contributed by atoms with Crippen molar-refractivity contribution in [2.24, 2.45) is 5.41 Å². The van der Waals surface area contributed by atoms with Crippen LogP contribution in [0.5, 0.6) is 0 Å². The van der Waals surface area contributed by atoms with Crippen LogP contribution in [0, 0.1) is 5.41 Å². The summed E-state index contributed by atoms with van der Waals surface area (Å²) in [6.07, 6.45) is -0.909. The predicted octanol–water partition coefficient (Wildman–Crippen LogP) is 2.65. The molecule has 0 saturated carbocycles. The first-order chi connectivity index (χ1) is 8.46. The lowest BCUT2D eigenvalue weighted by molar-refractivity contribution is -0.0390. The third-order valence-corrected chi connectivity index (χ3v) is 3.12. The van der Waals surface area contributed by atoms with Crippen molar-refractivity contribution in [2.75, 3.05) is 19.7 Å². The predicted molar refractivity (Wildman–Crippen MR) is 67.2 cm³/mol. The van der Waals surface area contributed by atoms with Gasteiger partial charge in [-0.3, -0.25) is 0 Å². The largest absolute Gasteiger partial charge is 0.444 e. The number of ether oxygens (including phenoxy) is 1. The number of aliphatic hydroxyl groups excluding tert-OH is 1. The monoisotopic (exact) mass is 279 g/mol. The summed E-state index contributed by atoms with van der Waals surface area (Å²) in [6.45, 7) is 5.95. The van der Waals surface area contributed by atoms with Crippen molar-refractivity contribution in [3.05, 3.63) is 0 Å². The number of hydrogen-bond donors (Lipinski definition) is 1. The Morgan fingerprint density at radius 3 is 2.37 bits per heavy atom. The van der Waals surface area contributed by atoms with Crippen LogP contribution in [0.2, 0.25) is 0 Å². The van der Waals surface area contributed by atoms with Crippen LogP contribution in [0.15, 0.2) is 0 Å². The molecule has 1 N–H and O–H groups in total. The highest BCUT2D eigenvalue weighted by Crippen LogP contribution is 2.35. The molecule has 0 aromatic carbocycles. The van der Waals surface area contributed by atoms with Crippen LogP contribution in [0.3, 0.4) is 0 Å². The van der Waals surface area contributed by atoms with E-state index in [2.05, 4.69) is 0 Å². The number of nitrogens with zero attached hydrogens (tertiary/aromatic N) is 1. The number of halogens is 2. The Balaban J connectivity index is 2.87. The highest BCUT2D eigenvalue weighted by molar-refractivity contribution is 5.68. The maximum atomic E-state index is 13.7. The quantitative estimate of drug-likeness (QED) is 0.802. The molecule has 0 aromatic heterocycles. The number of rotatable bonds is 1. The standard InChI is InChI=1S/C13H23F2NO3/c1-11(2,3)19-10(18)16-7-12(4,9-17)5-6-13(14,15)8-16/h17H,5-9H2,1-4H3. The summed E-state index contributed by atoms with van der Waals surface area (Å²) in [4.78, 5) is 13.0. The first-order valence-electron chi connectivity index (χ1n) is 6.43. The maximum absolute atomic E-state index is 13.7. The number of likely N-dealkylation sites (tertiary alicyclic amines) is 1. The van der Waals surface area contributed by atoms with Crippen molar-refractivity contribution in [3.8, 4) is 0 Å². The molecule has 1 atom stereocenters. The van der Waals surface area contributed by atoms with E-state index in [1.54, 1.807) is 27.7 Å². The SMILES string of the molecule is CC1(CO)CCC(F)(F)CN(C(=O)OC(C)(C)C)C1. The fourth-order valence-electron chi connectivity index (χ4n) is 2.02. The minimum absolute atomic E-state index is 0.0774. The summed E-state index contributed by atoms with van der Waals surface area (Å²) in [6, 6.07) is 0. The van der Waals surface area contributed by atoms with Crippen molar-refractivity contribution in [1.29, 1.82) is 0 Å². The van der Waals surface area contributed by atoms with E-state index >= 15 is 0 Å². The van der Waals surface area contributed by atoms with Gasteiger partial charge in [0.25, 0.3) is 5.92 Å². The fraction of sp³-hybridized carbons (Fsp3) is 0.923. The lowest BCUT2D eigenvalue weighted by Crippen LogP contribution is -2.45. The first-order valence-corrected chi connectivity index (χ1v) is 6.43. The molecule has 0 aromatic rings. The molecule has 1 fully saturated rings. The van der Waals surface area contributed by atoms with Crippen LogP contribution in [-0.2, 0) is 4.74 Å². The van der Waals surface area contributed by atoms with Gasteiger partial charge in [-0.2, -0.15) is 0 Å². The van der Waals surface area contributed by atoms with Crippen molar-refractivity contribution in [1.82, 2.24) is 4.90 Å². The van der Waals surface area contributed by atoms with Crippen molar-refractivity contribution >= 4 is 6.09 Å². The summed E-state index contributed by atoms with van der Waals surface area (Å²) in [5.74, 6) is -2.94. The minimum Gasteiger partial charge on any atom is -0.444 e. The van der Waals surface area contributed by atoms with Gasteiger partial charge in [-0.05, 0) is 27.2 Å². The van der Waals surface area contributed by atoms with Gasteiger partial charge in [0.15, 0.2) is 0 Å². The van der Waals surface area contributed by atoms with Gasteiger partial charge in [-0.25, -0.2) is 13.6 Å². The van der Waals surface area contributed by atoms with E-state index in [4.69, 9.17) is 4.74 Å². The molecule has 1 aliphatic rings. The molecule has 1 heterocycles. The van der Waals surface area contributed by atoms with Gasteiger partial charge in [-0.15, -0.1) is 0 Å². The van der Waals surface area contributed by atoms with Crippen molar-refractivity contribution in [3.63, 3.8) is 0 Å². The first kappa shape index (κ1) is 16.1. The molecule has 0 bridgehead atoms. The average Bonchev–Trinajstić information content (AvgIpc) is 2.34. The molecule has 1 amide bonds. The Bertz CT molecular complexity index is 341. The number of hydrogen-bond acceptors (Lipinski definition) is 3. The van der Waals surface area contributed by atoms with Gasteiger partial charge in [-0.1, -0.05) is 6.92 Å². The molecule has 4 nitrogen and oxygen atoms in total. The lowest BCUT2D eigenvalue weighted by atomic mass is 9.86. The number of aliphatic hydroxyl groups is 1. The molecule has 0 radical (unpaired) electrons. The zero-order valence-electron chi connectivity index (χ0n) is 12.0. The van der Waals surface area contributed by atoms with Crippen LogP contribution in [0.4, 0.5) is 13.6 Å². The van der Waals surface area contributed by atoms with Crippen molar-refractivity contribution in [2.45, 2.75) is 52.1 Å². The summed E-state index contributed by atoms with van der Waals surface area (Å²) in [7, 11) is 0. The van der Waals surface area contributed by atoms with Gasteiger partial charge in [0.1, 0.15) is 5.60 Å². The smallest absolute Gasteiger partial charge is 0.410 e. The normalized spacial score (nSPS) is 27.8. The summed E-state index contributed by atoms with van der Waals surface area (Å²) in [5.41, 5.74) is -1.44. The summed E-state index contributed by atoms with van der Waals surface area (Å²) < 4.78 is 32.4. The Morgan fingerprint density at radius 2 is 1.89 bits per heavy atom. The molecule has 1 saturated heterocycles. The molecule has 0 spiro atoms. The second-order valence-corrected chi connectivity index (χ2v) is 6.66. The third kappa shape index (κ3) is 4.93. The Kier molecular flexibility index (Phi) is 4.44. The van der Waals surface area contributed by atoms with E-state index in [0.717, 1.165) is 4.90 Å². The van der Waals surface area contributed by atoms with Gasteiger partial charge in [0.05, 0.1) is 13.2 Å². The molecule has 1 rings (SSSR count). The highest BCUT2D eigenvalue weighted by atomic mass is 19.3. The second kappa shape index (κ2) is 5.23. The minimum atomic E-state index is -2.94. The molecular weight excluding hydrogens is 256 g/mol. The Hall–Kier alpha value is -0.910. The number of amides is 1. The van der Waals surface area contributed by atoms with E-state index < -0.39 is 29.6 Å². The van der Waals surface area contributed by atoms with E-state index in [9.17, 15) is 18.7 Å². The Morgan fingerprint density at radius 1 is 1.32 bits per heavy atom. The zero-order chi connectivity index (χ0) is 14.9. The number of carbonyl (C=O) groups excluding carboxylic acids is 1.